The third-order valence-electron chi connectivity index (χ3n) is 2.81. The fourth-order valence-electron chi connectivity index (χ4n) is 2.33. The van der Waals surface area contributed by atoms with Crippen molar-refractivity contribution in [3.8, 4) is 0 Å². The molecule has 3 aliphatic carbocycles. The standard InChI is InChI=1S/C7H8/c1-2-5-6-3-4(1)7(5)6/h4,6H,1-3H2. The highest BCUT2D eigenvalue weighted by Gasteiger charge is 2.54. The van der Waals surface area contributed by atoms with Gasteiger partial charge in [-0.15, -0.1) is 0 Å². The number of allylic oxidation sites excluding steroid dienone is 2. The van der Waals surface area contributed by atoms with Crippen molar-refractivity contribution in [1.29, 1.82) is 0 Å². The zero-order valence-electron chi connectivity index (χ0n) is 4.28. The van der Waals surface area contributed by atoms with E-state index in [-0.39, 0.29) is 0 Å². The molecule has 0 bridgehead atoms. The van der Waals surface area contributed by atoms with E-state index in [1.54, 1.807) is 6.42 Å². The van der Waals surface area contributed by atoms with Crippen LogP contribution in [0.1, 0.15) is 19.3 Å². The highest BCUT2D eigenvalue weighted by molar-refractivity contribution is 5.53. The minimum absolute atomic E-state index is 1.10. The van der Waals surface area contributed by atoms with Crippen molar-refractivity contribution >= 4 is 0 Å². The van der Waals surface area contributed by atoms with Crippen molar-refractivity contribution in [3.05, 3.63) is 11.1 Å². The number of rotatable bonds is 0. The fraction of sp³-hybridized carbons (Fsp3) is 0.714. The molecular weight excluding hydrogens is 84.1 g/mol. The van der Waals surface area contributed by atoms with Crippen LogP contribution in [0.3, 0.4) is 0 Å². The Morgan fingerprint density at radius 2 is 2.43 bits per heavy atom. The van der Waals surface area contributed by atoms with Gasteiger partial charge in [-0.3, -0.25) is 0 Å². The lowest BCUT2D eigenvalue weighted by molar-refractivity contribution is 0.383. The van der Waals surface area contributed by atoms with Crippen molar-refractivity contribution in [3.63, 3.8) is 0 Å². The van der Waals surface area contributed by atoms with Crippen LogP contribution < -0.4 is 0 Å². The van der Waals surface area contributed by atoms with Gasteiger partial charge in [-0.1, -0.05) is 11.1 Å². The molecule has 0 heteroatoms. The average molecular weight is 92.1 g/mol. The van der Waals surface area contributed by atoms with Crippen molar-refractivity contribution in [2.24, 2.45) is 11.8 Å². The number of fused-ring (bicyclic) bond motifs is 1. The maximum Gasteiger partial charge on any atom is 0.00213 e. The first-order valence-corrected chi connectivity index (χ1v) is 3.19. The van der Waals surface area contributed by atoms with E-state index in [4.69, 9.17) is 0 Å². The highest BCUT2D eigenvalue weighted by atomic mass is 14.6. The Morgan fingerprint density at radius 1 is 1.43 bits per heavy atom. The maximum atomic E-state index is 1.89. The highest BCUT2D eigenvalue weighted by Crippen LogP contribution is 2.67. The minimum atomic E-state index is 1.10. The van der Waals surface area contributed by atoms with E-state index < -0.39 is 0 Å². The lowest BCUT2D eigenvalue weighted by Crippen LogP contribution is -2.14. The lowest BCUT2D eigenvalue weighted by atomic mass is 9.79. The Hall–Kier alpha value is -0.260. The van der Waals surface area contributed by atoms with Gasteiger partial charge in [0.15, 0.2) is 0 Å². The molecule has 0 aromatic carbocycles. The predicted octanol–water partition coefficient (Wildman–Crippen LogP) is 1.73. The van der Waals surface area contributed by atoms with Gasteiger partial charge in [0.2, 0.25) is 0 Å². The van der Waals surface area contributed by atoms with Gasteiger partial charge in [0.05, 0.1) is 0 Å². The van der Waals surface area contributed by atoms with Gasteiger partial charge in [-0.25, -0.2) is 0 Å². The topological polar surface area (TPSA) is 0 Å². The van der Waals surface area contributed by atoms with Crippen LogP contribution in [0.15, 0.2) is 11.1 Å². The SMILES string of the molecule is C1CC2CC3C1=C23. The molecule has 7 heavy (non-hydrogen) atoms. The molecule has 0 saturated heterocycles. The summed E-state index contributed by atoms with van der Waals surface area (Å²) in [7, 11) is 0. The quantitative estimate of drug-likeness (QED) is 0.399. The van der Waals surface area contributed by atoms with E-state index >= 15 is 0 Å². The molecule has 3 rings (SSSR count). The zero-order chi connectivity index (χ0) is 4.43. The van der Waals surface area contributed by atoms with Gasteiger partial charge in [0.1, 0.15) is 0 Å². The first kappa shape index (κ1) is 2.91. The summed E-state index contributed by atoms with van der Waals surface area (Å²) in [6, 6.07) is 0. The fourth-order valence-corrected chi connectivity index (χ4v) is 2.33. The second-order valence-electron chi connectivity index (χ2n) is 3.00. The van der Waals surface area contributed by atoms with E-state index in [0.29, 0.717) is 0 Å². The van der Waals surface area contributed by atoms with E-state index in [1.165, 1.54) is 12.8 Å². The molecule has 3 aliphatic rings. The van der Waals surface area contributed by atoms with Crippen molar-refractivity contribution in [1.82, 2.24) is 0 Å². The average Bonchev–Trinajstić information content (AvgIpc) is 2.02. The molecule has 2 atom stereocenters. The molecule has 1 saturated carbocycles. The molecule has 0 spiro atoms. The van der Waals surface area contributed by atoms with Crippen LogP contribution in [0.4, 0.5) is 0 Å². The molecule has 0 radical (unpaired) electrons. The molecule has 0 heterocycles. The molecule has 0 aromatic heterocycles. The minimum Gasteiger partial charge on any atom is -0.0629 e. The molecular formula is C7H8. The molecule has 0 aromatic rings. The van der Waals surface area contributed by atoms with Gasteiger partial charge < -0.3 is 0 Å². The van der Waals surface area contributed by atoms with Gasteiger partial charge >= 0.3 is 0 Å². The molecule has 0 aliphatic heterocycles. The molecule has 1 fully saturated rings. The Morgan fingerprint density at radius 3 is 2.57 bits per heavy atom. The molecule has 36 valence electrons. The third kappa shape index (κ3) is 0.155. The molecule has 2 unspecified atom stereocenters. The Kier molecular flexibility index (Phi) is 0.247. The van der Waals surface area contributed by atoms with Crippen LogP contribution in [0.25, 0.3) is 0 Å². The Balaban J connectivity index is 2.19. The van der Waals surface area contributed by atoms with Crippen molar-refractivity contribution < 1.29 is 0 Å². The van der Waals surface area contributed by atoms with Crippen LogP contribution in [-0.4, -0.2) is 0 Å². The summed E-state index contributed by atoms with van der Waals surface area (Å²) >= 11 is 0. The second-order valence-corrected chi connectivity index (χ2v) is 3.00. The van der Waals surface area contributed by atoms with Gasteiger partial charge in [-0.2, -0.15) is 0 Å². The van der Waals surface area contributed by atoms with Crippen molar-refractivity contribution in [2.75, 3.05) is 0 Å². The predicted molar refractivity (Wildman–Crippen MR) is 27.9 cm³/mol. The monoisotopic (exact) mass is 92.1 g/mol. The molecule has 0 nitrogen and oxygen atoms in total. The van der Waals surface area contributed by atoms with Crippen molar-refractivity contribution in [2.45, 2.75) is 19.3 Å². The molecule has 0 amide bonds. The smallest absolute Gasteiger partial charge is 0.00213 e. The normalized spacial score (nSPS) is 51.4. The molecule has 0 N–H and O–H groups in total. The van der Waals surface area contributed by atoms with Crippen LogP contribution in [0, 0.1) is 11.8 Å². The number of hydrogen-bond donors (Lipinski definition) is 0. The first-order valence-electron chi connectivity index (χ1n) is 3.19. The van der Waals surface area contributed by atoms with Gasteiger partial charge in [0.25, 0.3) is 0 Å². The Bertz CT molecular complexity index is 157. The van der Waals surface area contributed by atoms with E-state index in [9.17, 15) is 0 Å². The van der Waals surface area contributed by atoms with Crippen LogP contribution in [0.5, 0.6) is 0 Å². The van der Waals surface area contributed by atoms with E-state index in [1.807, 2.05) is 11.1 Å². The Labute approximate surface area is 43.2 Å². The van der Waals surface area contributed by atoms with Gasteiger partial charge in [-0.05, 0) is 25.2 Å². The summed E-state index contributed by atoms with van der Waals surface area (Å²) in [6.07, 6.45) is 4.54. The summed E-state index contributed by atoms with van der Waals surface area (Å²) in [6.45, 7) is 0. The largest absolute Gasteiger partial charge is 0.0629 e. The summed E-state index contributed by atoms with van der Waals surface area (Å²) < 4.78 is 0. The first-order chi connectivity index (χ1) is 3.47. The maximum absolute atomic E-state index is 1.89. The lowest BCUT2D eigenvalue weighted by Gasteiger charge is -2.25. The van der Waals surface area contributed by atoms with Crippen LogP contribution in [-0.2, 0) is 0 Å². The zero-order valence-corrected chi connectivity index (χ0v) is 4.28. The van der Waals surface area contributed by atoms with E-state index in [0.717, 1.165) is 11.8 Å². The van der Waals surface area contributed by atoms with E-state index in [2.05, 4.69) is 0 Å². The second kappa shape index (κ2) is 0.594. The number of hydrogen-bond acceptors (Lipinski definition) is 0. The summed E-state index contributed by atoms with van der Waals surface area (Å²) in [5.74, 6) is 2.21. The van der Waals surface area contributed by atoms with Crippen LogP contribution in [0.2, 0.25) is 0 Å². The summed E-state index contributed by atoms with van der Waals surface area (Å²) in [5, 5.41) is 0. The summed E-state index contributed by atoms with van der Waals surface area (Å²) in [4.78, 5) is 0. The third-order valence-corrected chi connectivity index (χ3v) is 2.81. The van der Waals surface area contributed by atoms with Gasteiger partial charge in [0, 0.05) is 5.92 Å². The van der Waals surface area contributed by atoms with Crippen LogP contribution >= 0.6 is 0 Å². The summed E-state index contributed by atoms with van der Waals surface area (Å²) in [5.41, 5.74) is 3.75.